The fourth-order valence-corrected chi connectivity index (χ4v) is 6.91. The minimum atomic E-state index is -0.161. The second-order valence-electron chi connectivity index (χ2n) is 12.2. The van der Waals surface area contributed by atoms with Crippen LogP contribution >= 0.6 is 0 Å². The third-order valence-electron chi connectivity index (χ3n) is 9.24. The molecule has 2 N–H and O–H groups in total. The zero-order chi connectivity index (χ0) is 29.7. The van der Waals surface area contributed by atoms with Crippen molar-refractivity contribution in [1.82, 2.24) is 10.6 Å². The highest BCUT2D eigenvalue weighted by atomic mass is 16.5. The van der Waals surface area contributed by atoms with Crippen molar-refractivity contribution in [2.45, 2.75) is 31.5 Å². The van der Waals surface area contributed by atoms with E-state index in [-0.39, 0.29) is 17.6 Å². The summed E-state index contributed by atoms with van der Waals surface area (Å²) in [5, 5.41) is 7.55. The van der Waals surface area contributed by atoms with Crippen LogP contribution in [-0.2, 0) is 5.41 Å². The van der Waals surface area contributed by atoms with Gasteiger partial charge < -0.3 is 10.1 Å². The fourth-order valence-electron chi connectivity index (χ4n) is 6.91. The normalized spacial score (nSPS) is 19.3. The molecule has 2 heterocycles. The van der Waals surface area contributed by atoms with Crippen LogP contribution in [0, 0.1) is 0 Å². The molecule has 0 bridgehead atoms. The van der Waals surface area contributed by atoms with Crippen molar-refractivity contribution in [2.75, 3.05) is 0 Å². The van der Waals surface area contributed by atoms with Crippen LogP contribution in [0.4, 0.5) is 0 Å². The van der Waals surface area contributed by atoms with Gasteiger partial charge in [0.25, 0.3) is 0 Å². The second kappa shape index (κ2) is 10.6. The van der Waals surface area contributed by atoms with Gasteiger partial charge in [-0.2, -0.15) is 0 Å². The maximum atomic E-state index is 6.65. The molecule has 5 aromatic carbocycles. The Hall–Kier alpha value is -5.12. The van der Waals surface area contributed by atoms with E-state index >= 15 is 0 Å². The lowest BCUT2D eigenvalue weighted by atomic mass is 9.74. The van der Waals surface area contributed by atoms with Crippen molar-refractivity contribution in [3.63, 3.8) is 0 Å². The smallest absolute Gasteiger partial charge is 0.139 e. The van der Waals surface area contributed by atoms with Gasteiger partial charge in [0.05, 0.1) is 6.04 Å². The summed E-state index contributed by atoms with van der Waals surface area (Å²) < 4.78 is 6.65. The van der Waals surface area contributed by atoms with Crippen LogP contribution in [0.25, 0.3) is 28.0 Å². The summed E-state index contributed by atoms with van der Waals surface area (Å²) >= 11 is 0. The Morgan fingerprint density at radius 2 is 1.30 bits per heavy atom. The maximum Gasteiger partial charge on any atom is 0.139 e. The first-order chi connectivity index (χ1) is 21.6. The number of allylic oxidation sites excluding steroid dienone is 2. The van der Waals surface area contributed by atoms with Crippen LogP contribution in [0.1, 0.15) is 42.3 Å². The Morgan fingerprint density at radius 3 is 2.14 bits per heavy atom. The highest BCUT2D eigenvalue weighted by molar-refractivity contribution is 5.88. The van der Waals surface area contributed by atoms with Crippen LogP contribution in [0.15, 0.2) is 151 Å². The predicted molar refractivity (Wildman–Crippen MR) is 180 cm³/mol. The number of hydrogen-bond acceptors (Lipinski definition) is 3. The van der Waals surface area contributed by atoms with Gasteiger partial charge in [-0.25, -0.2) is 0 Å². The Bertz CT molecular complexity index is 1960. The van der Waals surface area contributed by atoms with E-state index in [4.69, 9.17) is 4.74 Å². The molecule has 1 aliphatic carbocycles. The monoisotopic (exact) mass is 570 g/mol. The molecule has 3 nitrogen and oxygen atoms in total. The van der Waals surface area contributed by atoms with Crippen molar-refractivity contribution < 1.29 is 4.74 Å². The van der Waals surface area contributed by atoms with Gasteiger partial charge in [0.15, 0.2) is 0 Å². The van der Waals surface area contributed by atoms with Gasteiger partial charge in [-0.1, -0.05) is 153 Å². The quantitative estimate of drug-likeness (QED) is 0.226. The Labute approximate surface area is 259 Å². The molecule has 44 heavy (non-hydrogen) atoms. The zero-order valence-corrected chi connectivity index (χ0v) is 24.9. The topological polar surface area (TPSA) is 33.3 Å². The van der Waals surface area contributed by atoms with Crippen molar-refractivity contribution in [2.24, 2.45) is 0 Å². The molecule has 2 unspecified atom stereocenters. The van der Waals surface area contributed by atoms with Crippen molar-refractivity contribution in [3.05, 3.63) is 173 Å². The molecule has 2 aliphatic heterocycles. The summed E-state index contributed by atoms with van der Waals surface area (Å²) in [4.78, 5) is 0. The molecule has 8 rings (SSSR count). The zero-order valence-electron chi connectivity index (χ0n) is 24.9. The van der Waals surface area contributed by atoms with E-state index < -0.39 is 0 Å². The van der Waals surface area contributed by atoms with Gasteiger partial charge in [0, 0.05) is 27.8 Å². The number of rotatable bonds is 4. The Balaban J connectivity index is 1.18. The third-order valence-corrected chi connectivity index (χ3v) is 9.24. The average molecular weight is 571 g/mol. The first-order valence-electron chi connectivity index (χ1n) is 15.4. The first-order valence-corrected chi connectivity index (χ1v) is 15.4. The van der Waals surface area contributed by atoms with Crippen LogP contribution in [0.2, 0.25) is 0 Å². The van der Waals surface area contributed by atoms with E-state index in [9.17, 15) is 0 Å². The molecule has 3 aliphatic rings. The number of para-hydroxylation sites is 2. The second-order valence-corrected chi connectivity index (χ2v) is 12.2. The van der Waals surface area contributed by atoms with Crippen LogP contribution < -0.4 is 15.4 Å². The molecule has 2 atom stereocenters. The molecule has 214 valence electrons. The number of nitrogens with one attached hydrogen (secondary N) is 2. The SMILES string of the molecule is CC1(C)c2ccccc2Oc2c(-c3ccccc3-c3ccc(C4=C5C=CC=CC5NC(c5ccccc5)N4)cc3)cccc21. The summed E-state index contributed by atoms with van der Waals surface area (Å²) in [6, 6.07) is 43.3. The largest absolute Gasteiger partial charge is 0.456 e. The molecule has 0 aromatic heterocycles. The fraction of sp³-hybridized carbons (Fsp3) is 0.122. The van der Waals surface area contributed by atoms with Gasteiger partial charge in [0.2, 0.25) is 0 Å². The minimum absolute atomic E-state index is 0.0233. The molecule has 0 radical (unpaired) electrons. The van der Waals surface area contributed by atoms with Gasteiger partial charge >= 0.3 is 0 Å². The highest BCUT2D eigenvalue weighted by Gasteiger charge is 2.35. The summed E-state index contributed by atoms with van der Waals surface area (Å²) in [6.45, 7) is 4.58. The number of fused-ring (bicyclic) bond motifs is 3. The molecular formula is C41H34N2O. The van der Waals surface area contributed by atoms with Crippen LogP contribution in [-0.4, -0.2) is 6.04 Å². The standard InChI is InChI=1S/C41H34N2O/c1-41(2)34-19-9-11-22-37(34)44-39-32(18-12-20-35(39)41)31-16-7-6-15-30(31)27-23-25-28(26-24-27)38-33-17-8-10-21-36(33)42-40(43-38)29-13-4-3-5-14-29/h3-26,36,40,42-43H,1-2H3. The molecule has 0 amide bonds. The molecule has 3 heteroatoms. The molecule has 0 saturated carbocycles. The van der Waals surface area contributed by atoms with Gasteiger partial charge in [0.1, 0.15) is 17.7 Å². The number of hydrogen-bond donors (Lipinski definition) is 2. The maximum absolute atomic E-state index is 6.65. The predicted octanol–water partition coefficient (Wildman–Crippen LogP) is 9.55. The first kappa shape index (κ1) is 26.5. The number of benzene rings is 5. The van der Waals surface area contributed by atoms with E-state index in [1.807, 2.05) is 0 Å². The number of ether oxygens (including phenoxy) is 1. The van der Waals surface area contributed by atoms with E-state index in [0.717, 1.165) is 22.8 Å². The van der Waals surface area contributed by atoms with Crippen LogP contribution in [0.5, 0.6) is 11.5 Å². The van der Waals surface area contributed by atoms with E-state index in [2.05, 4.69) is 170 Å². The summed E-state index contributed by atoms with van der Waals surface area (Å²) in [7, 11) is 0. The van der Waals surface area contributed by atoms with E-state index in [1.165, 1.54) is 44.5 Å². The average Bonchev–Trinajstić information content (AvgIpc) is 3.08. The van der Waals surface area contributed by atoms with Crippen molar-refractivity contribution in [1.29, 1.82) is 0 Å². The van der Waals surface area contributed by atoms with Gasteiger partial charge in [-0.3, -0.25) is 5.32 Å². The Kier molecular flexibility index (Phi) is 6.36. The van der Waals surface area contributed by atoms with Gasteiger partial charge in [-0.05, 0) is 39.5 Å². The van der Waals surface area contributed by atoms with E-state index in [1.54, 1.807) is 0 Å². The third kappa shape index (κ3) is 4.40. The van der Waals surface area contributed by atoms with E-state index in [0.29, 0.717) is 0 Å². The van der Waals surface area contributed by atoms with Crippen molar-refractivity contribution in [3.8, 4) is 33.8 Å². The van der Waals surface area contributed by atoms with Crippen molar-refractivity contribution >= 4 is 5.70 Å². The van der Waals surface area contributed by atoms with Crippen LogP contribution in [0.3, 0.4) is 0 Å². The molecule has 0 fully saturated rings. The lowest BCUT2D eigenvalue weighted by molar-refractivity contribution is 0.419. The molecular weight excluding hydrogens is 536 g/mol. The molecule has 5 aromatic rings. The van der Waals surface area contributed by atoms with Gasteiger partial charge in [-0.15, -0.1) is 0 Å². The lowest BCUT2D eigenvalue weighted by Crippen LogP contribution is -2.45. The summed E-state index contributed by atoms with van der Waals surface area (Å²) in [6.07, 6.45) is 8.71. The molecule has 0 spiro atoms. The lowest BCUT2D eigenvalue weighted by Gasteiger charge is -2.36. The molecule has 0 saturated heterocycles. The highest BCUT2D eigenvalue weighted by Crippen LogP contribution is 2.52. The summed E-state index contributed by atoms with van der Waals surface area (Å²) in [5.74, 6) is 1.88. The minimum Gasteiger partial charge on any atom is -0.456 e. The summed E-state index contributed by atoms with van der Waals surface area (Å²) in [5.41, 5.74) is 11.7. The Morgan fingerprint density at radius 1 is 0.614 bits per heavy atom.